The number of carbonyl (C=O) groups is 1. The second-order valence-electron chi connectivity index (χ2n) is 7.78. The fourth-order valence-corrected chi connectivity index (χ4v) is 4.54. The Morgan fingerprint density at radius 3 is 2.43 bits per heavy atom. The van der Waals surface area contributed by atoms with E-state index in [0.29, 0.717) is 29.8 Å². The van der Waals surface area contributed by atoms with E-state index in [1.807, 2.05) is 0 Å². The van der Waals surface area contributed by atoms with Crippen molar-refractivity contribution in [3.63, 3.8) is 0 Å². The molecule has 0 bridgehead atoms. The summed E-state index contributed by atoms with van der Waals surface area (Å²) in [5.41, 5.74) is 0. The number of piperidine rings is 1. The smallest absolute Gasteiger partial charge is 0.241 e. The van der Waals surface area contributed by atoms with E-state index < -0.39 is 0 Å². The Morgan fingerprint density at radius 1 is 1.00 bits per heavy atom. The largest absolute Gasteiger partial charge is 0.321 e. The van der Waals surface area contributed by atoms with Gasteiger partial charge in [0.25, 0.3) is 0 Å². The second kappa shape index (κ2) is 5.88. The van der Waals surface area contributed by atoms with Crippen LogP contribution in [0.15, 0.2) is 0 Å². The molecular weight excluding hydrogens is 262 g/mol. The van der Waals surface area contributed by atoms with Gasteiger partial charge >= 0.3 is 0 Å². The second-order valence-corrected chi connectivity index (χ2v) is 7.78. The highest BCUT2D eigenvalue weighted by molar-refractivity contribution is 5.85. The molecule has 3 fully saturated rings. The lowest BCUT2D eigenvalue weighted by molar-refractivity contribution is -0.134. The van der Waals surface area contributed by atoms with Gasteiger partial charge in [-0.2, -0.15) is 0 Å². The number of amides is 1. The van der Waals surface area contributed by atoms with Gasteiger partial charge in [-0.05, 0) is 37.6 Å². The van der Waals surface area contributed by atoms with E-state index in [4.69, 9.17) is 0 Å². The fourth-order valence-electron chi connectivity index (χ4n) is 4.54. The SMILES string of the molecule is CC(C)C1NC(C(C)C)N(C2CCN3CCCCC23)C1=O. The quantitative estimate of drug-likeness (QED) is 0.865. The summed E-state index contributed by atoms with van der Waals surface area (Å²) in [7, 11) is 0. The Hall–Kier alpha value is -0.610. The summed E-state index contributed by atoms with van der Waals surface area (Å²) >= 11 is 0. The van der Waals surface area contributed by atoms with Crippen LogP contribution < -0.4 is 5.32 Å². The predicted octanol–water partition coefficient (Wildman–Crippen LogP) is 2.05. The number of hydrogen-bond donors (Lipinski definition) is 1. The van der Waals surface area contributed by atoms with E-state index in [2.05, 4.69) is 42.8 Å². The van der Waals surface area contributed by atoms with Gasteiger partial charge in [-0.1, -0.05) is 34.1 Å². The molecule has 3 heterocycles. The first-order valence-corrected chi connectivity index (χ1v) is 8.83. The van der Waals surface area contributed by atoms with Crippen molar-refractivity contribution in [1.29, 1.82) is 0 Å². The predicted molar refractivity (Wildman–Crippen MR) is 84.9 cm³/mol. The van der Waals surface area contributed by atoms with Gasteiger partial charge in [-0.25, -0.2) is 0 Å². The van der Waals surface area contributed by atoms with Crippen LogP contribution in [0, 0.1) is 11.8 Å². The molecule has 3 rings (SSSR count). The van der Waals surface area contributed by atoms with Gasteiger partial charge in [0, 0.05) is 12.6 Å². The highest BCUT2D eigenvalue weighted by Crippen LogP contribution is 2.35. The van der Waals surface area contributed by atoms with E-state index in [1.54, 1.807) is 0 Å². The van der Waals surface area contributed by atoms with Gasteiger partial charge < -0.3 is 4.90 Å². The average molecular weight is 293 g/mol. The molecule has 0 aromatic rings. The molecule has 3 aliphatic heterocycles. The van der Waals surface area contributed by atoms with E-state index in [0.717, 1.165) is 6.42 Å². The summed E-state index contributed by atoms with van der Waals surface area (Å²) in [6, 6.07) is 1.05. The molecule has 0 aliphatic carbocycles. The molecule has 1 amide bonds. The maximum Gasteiger partial charge on any atom is 0.241 e. The van der Waals surface area contributed by atoms with Crippen molar-refractivity contribution in [2.45, 2.75) is 77.7 Å². The Bertz CT molecular complexity index is 395. The van der Waals surface area contributed by atoms with Gasteiger partial charge in [0.1, 0.15) is 0 Å². The maximum absolute atomic E-state index is 13.0. The third-order valence-electron chi connectivity index (χ3n) is 5.65. The highest BCUT2D eigenvalue weighted by Gasteiger charge is 2.49. The molecule has 4 nitrogen and oxygen atoms in total. The van der Waals surface area contributed by atoms with Gasteiger partial charge in [0.2, 0.25) is 5.91 Å². The highest BCUT2D eigenvalue weighted by atomic mass is 16.2. The van der Waals surface area contributed by atoms with Crippen LogP contribution in [0.2, 0.25) is 0 Å². The standard InChI is InChI=1S/C17H31N3O/c1-11(2)15-17(21)20(16(18-15)12(3)4)14-8-10-19-9-6-5-7-13(14)19/h11-16,18H,5-10H2,1-4H3. The van der Waals surface area contributed by atoms with Gasteiger partial charge in [-0.3, -0.25) is 15.0 Å². The zero-order valence-electron chi connectivity index (χ0n) is 14.0. The number of fused-ring (bicyclic) bond motifs is 1. The molecule has 0 spiro atoms. The zero-order valence-corrected chi connectivity index (χ0v) is 14.0. The molecule has 3 saturated heterocycles. The normalized spacial score (nSPS) is 37.8. The number of hydrogen-bond acceptors (Lipinski definition) is 3. The first-order chi connectivity index (χ1) is 10.0. The van der Waals surface area contributed by atoms with Crippen LogP contribution in [-0.2, 0) is 4.79 Å². The van der Waals surface area contributed by atoms with Crippen LogP contribution >= 0.6 is 0 Å². The topological polar surface area (TPSA) is 35.6 Å². The molecule has 1 N–H and O–H groups in total. The summed E-state index contributed by atoms with van der Waals surface area (Å²) in [5.74, 6) is 1.18. The average Bonchev–Trinajstić information content (AvgIpc) is 2.99. The van der Waals surface area contributed by atoms with Crippen molar-refractivity contribution in [3.8, 4) is 0 Å². The molecule has 3 aliphatic rings. The molecule has 0 aromatic heterocycles. The third kappa shape index (κ3) is 2.61. The molecular formula is C17H31N3O. The van der Waals surface area contributed by atoms with Crippen molar-refractivity contribution in [3.05, 3.63) is 0 Å². The van der Waals surface area contributed by atoms with Gasteiger partial charge in [0.15, 0.2) is 0 Å². The van der Waals surface area contributed by atoms with E-state index >= 15 is 0 Å². The van der Waals surface area contributed by atoms with E-state index in [1.165, 1.54) is 32.4 Å². The maximum atomic E-state index is 13.0. The number of carbonyl (C=O) groups excluding carboxylic acids is 1. The molecule has 120 valence electrons. The Morgan fingerprint density at radius 2 is 1.76 bits per heavy atom. The molecule has 0 saturated carbocycles. The first-order valence-electron chi connectivity index (χ1n) is 8.83. The third-order valence-corrected chi connectivity index (χ3v) is 5.65. The van der Waals surface area contributed by atoms with Crippen molar-refractivity contribution >= 4 is 5.91 Å². The number of nitrogens with zero attached hydrogens (tertiary/aromatic N) is 2. The minimum Gasteiger partial charge on any atom is -0.321 e. The summed E-state index contributed by atoms with van der Waals surface area (Å²) < 4.78 is 0. The van der Waals surface area contributed by atoms with Gasteiger partial charge in [-0.15, -0.1) is 0 Å². The van der Waals surface area contributed by atoms with Crippen LogP contribution in [0.3, 0.4) is 0 Å². The summed E-state index contributed by atoms with van der Waals surface area (Å²) in [6.45, 7) is 11.2. The van der Waals surface area contributed by atoms with E-state index in [9.17, 15) is 4.79 Å². The molecule has 4 heteroatoms. The van der Waals surface area contributed by atoms with Crippen molar-refractivity contribution < 1.29 is 4.79 Å². The first kappa shape index (κ1) is 15.3. The monoisotopic (exact) mass is 293 g/mol. The van der Waals surface area contributed by atoms with Crippen LogP contribution in [-0.4, -0.2) is 53.1 Å². The lowest BCUT2D eigenvalue weighted by Crippen LogP contribution is -2.53. The van der Waals surface area contributed by atoms with Crippen molar-refractivity contribution in [2.24, 2.45) is 11.8 Å². The molecule has 21 heavy (non-hydrogen) atoms. The summed E-state index contributed by atoms with van der Waals surface area (Å²) in [5, 5.41) is 3.62. The molecule has 0 radical (unpaired) electrons. The van der Waals surface area contributed by atoms with Gasteiger partial charge in [0.05, 0.1) is 18.2 Å². The Labute approximate surface area is 129 Å². The molecule has 4 unspecified atom stereocenters. The van der Waals surface area contributed by atoms with E-state index in [-0.39, 0.29) is 12.2 Å². The summed E-state index contributed by atoms with van der Waals surface area (Å²) in [6.07, 6.45) is 5.31. The minimum absolute atomic E-state index is 0.00930. The minimum atomic E-state index is 0.00930. The summed E-state index contributed by atoms with van der Waals surface area (Å²) in [4.78, 5) is 17.8. The Kier molecular flexibility index (Phi) is 4.28. The number of nitrogens with one attached hydrogen (secondary N) is 1. The van der Waals surface area contributed by atoms with Crippen LogP contribution in [0.25, 0.3) is 0 Å². The number of rotatable bonds is 3. The zero-order chi connectivity index (χ0) is 15.1. The fraction of sp³-hybridized carbons (Fsp3) is 0.941. The van der Waals surface area contributed by atoms with Crippen LogP contribution in [0.1, 0.15) is 53.4 Å². The molecule has 4 atom stereocenters. The van der Waals surface area contributed by atoms with Crippen LogP contribution in [0.4, 0.5) is 0 Å². The van der Waals surface area contributed by atoms with Crippen molar-refractivity contribution in [1.82, 2.24) is 15.1 Å². The lowest BCUT2D eigenvalue weighted by Gasteiger charge is -2.39. The molecule has 0 aromatic carbocycles. The van der Waals surface area contributed by atoms with Crippen LogP contribution in [0.5, 0.6) is 0 Å². The Balaban J connectivity index is 1.82. The lowest BCUT2D eigenvalue weighted by atomic mass is 9.96. The van der Waals surface area contributed by atoms with Crippen molar-refractivity contribution in [2.75, 3.05) is 13.1 Å².